The number of aromatic nitrogens is 3. The molecule has 1 saturated carbocycles. The van der Waals surface area contributed by atoms with Crippen LogP contribution in [0.2, 0.25) is 0 Å². The Bertz CT molecular complexity index is 2280. The molecule has 1 saturated heterocycles. The van der Waals surface area contributed by atoms with E-state index in [0.717, 1.165) is 23.6 Å². The van der Waals surface area contributed by atoms with Crippen LogP contribution in [0.25, 0.3) is 10.7 Å². The van der Waals surface area contributed by atoms with Crippen LogP contribution in [0, 0.1) is 29.4 Å². The third kappa shape index (κ3) is 8.33. The zero-order chi connectivity index (χ0) is 39.6. The van der Waals surface area contributed by atoms with Gasteiger partial charge in [0.05, 0.1) is 29.6 Å². The van der Waals surface area contributed by atoms with Crippen molar-refractivity contribution in [1.29, 1.82) is 0 Å². The summed E-state index contributed by atoms with van der Waals surface area (Å²) in [6.45, 7) is 2.74. The smallest absolute Gasteiger partial charge is 0.397 e. The Labute approximate surface area is 327 Å². The summed E-state index contributed by atoms with van der Waals surface area (Å²) in [4.78, 5) is 33.9. The number of fused-ring (bicyclic) bond motifs is 1. The number of benzene rings is 1. The van der Waals surface area contributed by atoms with Crippen LogP contribution in [0.15, 0.2) is 81.3 Å². The summed E-state index contributed by atoms with van der Waals surface area (Å²) in [5, 5.41) is 9.79. The van der Waals surface area contributed by atoms with Gasteiger partial charge in [-0.05, 0) is 86.3 Å². The Morgan fingerprint density at radius 3 is 2.73 bits per heavy atom. The lowest BCUT2D eigenvalue weighted by atomic mass is 9.56. The fourth-order valence-electron chi connectivity index (χ4n) is 7.71. The molecule has 4 aromatic rings. The number of sulfonamides is 1. The normalized spacial score (nSPS) is 21.7. The van der Waals surface area contributed by atoms with Gasteiger partial charge in [0.1, 0.15) is 27.5 Å². The van der Waals surface area contributed by atoms with Gasteiger partial charge >= 0.3 is 11.9 Å². The van der Waals surface area contributed by atoms with Gasteiger partial charge in [0.15, 0.2) is 0 Å². The molecule has 56 heavy (non-hydrogen) atoms. The van der Waals surface area contributed by atoms with E-state index in [0.29, 0.717) is 42.8 Å². The van der Waals surface area contributed by atoms with Crippen molar-refractivity contribution >= 4 is 38.9 Å². The molecule has 2 fully saturated rings. The Morgan fingerprint density at radius 1 is 1.14 bits per heavy atom. The van der Waals surface area contributed by atoms with Crippen molar-refractivity contribution < 1.29 is 47.7 Å². The number of carbonyl (C=O) groups is 2. The zero-order valence-electron chi connectivity index (χ0n) is 30.1. The minimum atomic E-state index is -3.97. The van der Waals surface area contributed by atoms with E-state index in [9.17, 15) is 31.2 Å². The van der Waals surface area contributed by atoms with Gasteiger partial charge in [0.2, 0.25) is 11.7 Å². The van der Waals surface area contributed by atoms with Gasteiger partial charge in [-0.3, -0.25) is 9.78 Å². The predicted octanol–water partition coefficient (Wildman–Crippen LogP) is 7.21. The van der Waals surface area contributed by atoms with E-state index in [2.05, 4.69) is 25.8 Å². The summed E-state index contributed by atoms with van der Waals surface area (Å²) < 4.78 is 96.9. The van der Waals surface area contributed by atoms with Crippen molar-refractivity contribution in [3.8, 4) is 10.7 Å². The molecule has 0 bridgehead atoms. The first-order chi connectivity index (χ1) is 26.9. The van der Waals surface area contributed by atoms with Gasteiger partial charge in [0.25, 0.3) is 10.0 Å². The number of anilines is 1. The van der Waals surface area contributed by atoms with Crippen LogP contribution in [0.1, 0.15) is 63.2 Å². The molecule has 18 heteroatoms. The lowest BCUT2D eigenvalue weighted by molar-refractivity contribution is -0.117. The maximum Gasteiger partial charge on any atom is 0.397 e. The number of thiophene rings is 1. The maximum atomic E-state index is 15.3. The molecule has 7 rings (SSSR count). The quantitative estimate of drug-likeness (QED) is 0.0985. The summed E-state index contributed by atoms with van der Waals surface area (Å²) in [7, 11) is -3.97. The van der Waals surface area contributed by atoms with Crippen molar-refractivity contribution in [2.75, 3.05) is 31.6 Å². The zero-order valence-corrected chi connectivity index (χ0v) is 31.7. The summed E-state index contributed by atoms with van der Waals surface area (Å²) in [6.07, 6.45) is 5.77. The molecule has 12 nitrogen and oxygen atoms in total. The van der Waals surface area contributed by atoms with Crippen molar-refractivity contribution in [1.82, 2.24) is 24.7 Å². The number of nitrogens with zero attached hydrogens (tertiary/aromatic N) is 4. The van der Waals surface area contributed by atoms with Gasteiger partial charge in [-0.25, -0.2) is 30.8 Å². The maximum absolute atomic E-state index is 15.3. The van der Waals surface area contributed by atoms with Crippen molar-refractivity contribution in [3.63, 3.8) is 0 Å². The highest BCUT2D eigenvalue weighted by molar-refractivity contribution is 7.91. The minimum Gasteiger partial charge on any atom is -0.459 e. The lowest BCUT2D eigenvalue weighted by Gasteiger charge is -2.48. The molecule has 1 aliphatic heterocycles. The Hall–Kier alpha value is -4.78. The van der Waals surface area contributed by atoms with Crippen LogP contribution in [0.4, 0.5) is 23.2 Å². The molecule has 0 radical (unpaired) electrons. The first-order valence-electron chi connectivity index (χ1n) is 18.2. The lowest BCUT2D eigenvalue weighted by Crippen LogP contribution is -2.53. The average Bonchev–Trinajstić information content (AvgIpc) is 3.86. The van der Waals surface area contributed by atoms with E-state index in [1.54, 1.807) is 19.1 Å². The highest BCUT2D eigenvalue weighted by atomic mass is 32.2. The molecule has 4 unspecified atom stereocenters. The van der Waals surface area contributed by atoms with Crippen LogP contribution in [0.5, 0.6) is 0 Å². The molecule has 5 atom stereocenters. The first kappa shape index (κ1) is 39.5. The Kier molecular flexibility index (Phi) is 11.8. The minimum absolute atomic E-state index is 0. The van der Waals surface area contributed by atoms with E-state index in [4.69, 9.17) is 9.26 Å². The van der Waals surface area contributed by atoms with E-state index in [1.165, 1.54) is 40.8 Å². The first-order valence-corrected chi connectivity index (χ1v) is 20.4. The molecule has 2 N–H and O–H groups in total. The second-order valence-electron chi connectivity index (χ2n) is 13.9. The van der Waals surface area contributed by atoms with Gasteiger partial charge in [-0.2, -0.15) is 9.29 Å². The Balaban J connectivity index is 0.00000320. The van der Waals surface area contributed by atoms with Gasteiger partial charge < -0.3 is 19.9 Å². The van der Waals surface area contributed by atoms with Gasteiger partial charge in [-0.15, -0.1) is 11.3 Å². The van der Waals surface area contributed by atoms with Crippen molar-refractivity contribution in [2.24, 2.45) is 17.8 Å². The number of nitrogens with one attached hydrogen (secondary N) is 2. The highest BCUT2D eigenvalue weighted by Crippen LogP contribution is 2.55. The SMILES string of the molecule is CCOC(=O)c1nc(-c2ccc(S(=O)(=O)N3CCNCC3CCCc3c(F)cncc3NC(=O)CC(c3ccc(F)cc3)C3CC4C(F)=CC(F)=C[C@@H]43)s2)no1.[HH].[HH]. The second kappa shape index (κ2) is 16.8. The number of carbonyl (C=O) groups excluding carboxylic acids is 2. The second-order valence-corrected chi connectivity index (χ2v) is 17.1. The fourth-order valence-corrected chi connectivity index (χ4v) is 10.7. The molecule has 300 valence electrons. The molecule has 3 aromatic heterocycles. The van der Waals surface area contributed by atoms with Gasteiger partial charge in [0, 0.05) is 52.5 Å². The number of ether oxygens (including phenoxy) is 1. The predicted molar refractivity (Wildman–Crippen MR) is 201 cm³/mol. The molecule has 1 aromatic carbocycles. The van der Waals surface area contributed by atoms with Crippen LogP contribution in [-0.2, 0) is 26.0 Å². The monoisotopic (exact) mass is 818 g/mol. The number of halogens is 4. The van der Waals surface area contributed by atoms with E-state index < -0.39 is 69.0 Å². The third-order valence-electron chi connectivity index (χ3n) is 10.5. The summed E-state index contributed by atoms with van der Waals surface area (Å²) >= 11 is 0.934. The molecule has 3 aliphatic rings. The Morgan fingerprint density at radius 2 is 1.95 bits per heavy atom. The van der Waals surface area contributed by atoms with Crippen LogP contribution < -0.4 is 10.6 Å². The summed E-state index contributed by atoms with van der Waals surface area (Å²) in [5.41, 5.74) is 0.994. The summed E-state index contributed by atoms with van der Waals surface area (Å²) in [6, 6.07) is 8.17. The van der Waals surface area contributed by atoms with Crippen LogP contribution in [0.3, 0.4) is 0 Å². The van der Waals surface area contributed by atoms with Crippen LogP contribution in [-0.4, -0.2) is 72.0 Å². The third-order valence-corrected chi connectivity index (χ3v) is 14.0. The molecule has 4 heterocycles. The average molecular weight is 819 g/mol. The highest BCUT2D eigenvalue weighted by Gasteiger charge is 2.48. The number of hydrogen-bond donors (Lipinski definition) is 2. The number of pyridine rings is 1. The number of allylic oxidation sites excluding steroid dienone is 4. The molecular weight excluding hydrogens is 777 g/mol. The molecule has 1 amide bonds. The number of rotatable bonds is 14. The van der Waals surface area contributed by atoms with Gasteiger partial charge in [-0.1, -0.05) is 17.3 Å². The topological polar surface area (TPSA) is 157 Å². The molecular formula is C38H42F4N6O6S2. The standard InChI is InChI=1S/C38H38F4N6O6S2.2H2/c1-2-53-38(50)37-46-36(47-54-37)33-10-11-35(55-33)56(51,52)48-13-12-43-18-24(48)4-3-5-25-31(42)19-44-20-32(25)45-34(49)17-26(21-6-8-22(39)9-7-21)28-16-29-27(28)14-23(40)15-30(29)41;;/h6-11,14-15,19-20,24,26-29,43H,2-5,12-13,16-18H2,1H3,(H,45,49);2*1H/t24?,26?,27-,28?,29?;;/m1../s1. The largest absolute Gasteiger partial charge is 0.459 e. The van der Waals surface area contributed by atoms with E-state index in [1.807, 2.05) is 0 Å². The van der Waals surface area contributed by atoms with Crippen molar-refractivity contribution in [2.45, 2.75) is 55.2 Å². The number of hydrogen-bond acceptors (Lipinski definition) is 11. The number of amides is 1. The van der Waals surface area contributed by atoms with E-state index >= 15 is 4.39 Å². The van der Waals surface area contributed by atoms with E-state index in [-0.39, 0.29) is 61.9 Å². The number of esters is 1. The fraction of sp³-hybridized carbons (Fsp3) is 0.395. The molecule has 2 aliphatic carbocycles. The van der Waals surface area contributed by atoms with Crippen LogP contribution >= 0.6 is 11.3 Å². The summed E-state index contributed by atoms with van der Waals surface area (Å²) in [5.74, 6) is -5.63. The van der Waals surface area contributed by atoms with Crippen molar-refractivity contribution in [3.05, 3.63) is 101 Å². The molecule has 0 spiro atoms. The number of piperazine rings is 1.